The summed E-state index contributed by atoms with van der Waals surface area (Å²) in [6.45, 7) is 7.87. The van der Waals surface area contributed by atoms with Crippen LogP contribution in [0.2, 0.25) is 0 Å². The molecule has 1 unspecified atom stereocenters. The minimum Gasteiger partial charge on any atom is -0.356 e. The molecule has 6 nitrogen and oxygen atoms in total. The first kappa shape index (κ1) is 21.4. The van der Waals surface area contributed by atoms with Gasteiger partial charge < -0.3 is 10.2 Å². The Balaban J connectivity index is 1.11. The third-order valence-corrected chi connectivity index (χ3v) is 7.91. The number of likely N-dealkylation sites (tertiary alicyclic amines) is 1. The van der Waals surface area contributed by atoms with Gasteiger partial charge in [0.1, 0.15) is 0 Å². The third kappa shape index (κ3) is 4.51. The van der Waals surface area contributed by atoms with Crippen molar-refractivity contribution in [3.63, 3.8) is 0 Å². The SMILES string of the molecule is Cc1cccc(CN2CCC(CNC(=O)C3CN(c4ncccn4)CC34CCC4)CC2)c1. The van der Waals surface area contributed by atoms with Gasteiger partial charge in [-0.15, -0.1) is 0 Å². The number of aromatic nitrogens is 2. The maximum atomic E-state index is 13.2. The van der Waals surface area contributed by atoms with Crippen molar-refractivity contribution in [3.05, 3.63) is 53.9 Å². The first-order valence-corrected chi connectivity index (χ1v) is 12.2. The number of anilines is 1. The number of amides is 1. The van der Waals surface area contributed by atoms with Gasteiger partial charge in [-0.2, -0.15) is 0 Å². The van der Waals surface area contributed by atoms with E-state index in [2.05, 4.69) is 56.3 Å². The number of nitrogens with zero attached hydrogens (tertiary/aromatic N) is 4. The predicted molar refractivity (Wildman–Crippen MR) is 126 cm³/mol. The quantitative estimate of drug-likeness (QED) is 0.756. The topological polar surface area (TPSA) is 61.4 Å². The number of benzene rings is 1. The third-order valence-electron chi connectivity index (χ3n) is 7.91. The number of hydrogen-bond acceptors (Lipinski definition) is 5. The zero-order valence-electron chi connectivity index (χ0n) is 19.2. The molecular weight excluding hydrogens is 398 g/mol. The van der Waals surface area contributed by atoms with Crippen molar-refractivity contribution >= 4 is 11.9 Å². The van der Waals surface area contributed by atoms with Gasteiger partial charge in [-0.05, 0) is 63.2 Å². The van der Waals surface area contributed by atoms with Crippen LogP contribution in [0.3, 0.4) is 0 Å². The molecule has 1 atom stereocenters. The average Bonchev–Trinajstić information content (AvgIpc) is 3.21. The lowest BCUT2D eigenvalue weighted by Gasteiger charge is -2.42. The first-order chi connectivity index (χ1) is 15.6. The van der Waals surface area contributed by atoms with Gasteiger partial charge in [-0.1, -0.05) is 36.2 Å². The van der Waals surface area contributed by atoms with Crippen LogP contribution in [-0.4, -0.2) is 53.5 Å². The summed E-state index contributed by atoms with van der Waals surface area (Å²) in [6, 6.07) is 10.7. The number of carbonyl (C=O) groups excluding carboxylic acids is 1. The molecule has 1 aliphatic carbocycles. The second-order valence-electron chi connectivity index (χ2n) is 10.2. The molecule has 1 aromatic heterocycles. The highest BCUT2D eigenvalue weighted by molar-refractivity contribution is 5.81. The minimum atomic E-state index is 0.0569. The number of aryl methyl sites for hydroxylation is 1. The summed E-state index contributed by atoms with van der Waals surface area (Å²) in [6.07, 6.45) is 9.41. The number of carbonyl (C=O) groups is 1. The molecule has 1 amide bonds. The second kappa shape index (κ2) is 9.18. The molecule has 2 aromatic rings. The molecule has 3 heterocycles. The monoisotopic (exact) mass is 433 g/mol. The van der Waals surface area contributed by atoms with Crippen LogP contribution in [0, 0.1) is 24.2 Å². The molecule has 6 heteroatoms. The van der Waals surface area contributed by atoms with E-state index in [0.29, 0.717) is 5.92 Å². The molecule has 3 fully saturated rings. The van der Waals surface area contributed by atoms with Crippen LogP contribution in [0.5, 0.6) is 0 Å². The predicted octanol–water partition coefficient (Wildman–Crippen LogP) is 3.42. The van der Waals surface area contributed by atoms with Crippen LogP contribution in [0.4, 0.5) is 5.95 Å². The van der Waals surface area contributed by atoms with Gasteiger partial charge in [-0.25, -0.2) is 9.97 Å². The van der Waals surface area contributed by atoms with Crippen molar-refractivity contribution in [3.8, 4) is 0 Å². The molecule has 170 valence electrons. The van der Waals surface area contributed by atoms with E-state index < -0.39 is 0 Å². The lowest BCUT2D eigenvalue weighted by atomic mass is 9.62. The van der Waals surface area contributed by atoms with Crippen LogP contribution in [0.15, 0.2) is 42.7 Å². The molecule has 32 heavy (non-hydrogen) atoms. The van der Waals surface area contributed by atoms with Crippen LogP contribution >= 0.6 is 0 Å². The summed E-state index contributed by atoms with van der Waals surface area (Å²) in [5.74, 6) is 1.64. The van der Waals surface area contributed by atoms with E-state index in [1.54, 1.807) is 12.4 Å². The number of rotatable bonds is 6. The Labute approximate surface area is 191 Å². The fourth-order valence-corrected chi connectivity index (χ4v) is 5.86. The fourth-order valence-electron chi connectivity index (χ4n) is 5.86. The molecule has 1 saturated carbocycles. The van der Waals surface area contributed by atoms with E-state index in [1.807, 2.05) is 6.07 Å². The molecule has 1 aromatic carbocycles. The second-order valence-corrected chi connectivity index (χ2v) is 10.2. The Kier molecular flexibility index (Phi) is 6.13. The normalized spacial score (nSPS) is 23.3. The largest absolute Gasteiger partial charge is 0.356 e. The summed E-state index contributed by atoms with van der Waals surface area (Å²) >= 11 is 0. The molecule has 1 spiro atoms. The van der Waals surface area contributed by atoms with Gasteiger partial charge >= 0.3 is 0 Å². The zero-order valence-corrected chi connectivity index (χ0v) is 19.2. The maximum absolute atomic E-state index is 13.2. The van der Waals surface area contributed by atoms with E-state index in [-0.39, 0.29) is 17.2 Å². The van der Waals surface area contributed by atoms with E-state index in [4.69, 9.17) is 0 Å². The van der Waals surface area contributed by atoms with E-state index >= 15 is 0 Å². The number of piperidine rings is 1. The smallest absolute Gasteiger partial charge is 0.225 e. The van der Waals surface area contributed by atoms with Crippen molar-refractivity contribution in [2.75, 3.05) is 37.6 Å². The lowest BCUT2D eigenvalue weighted by molar-refractivity contribution is -0.129. The Morgan fingerprint density at radius 3 is 2.62 bits per heavy atom. The summed E-state index contributed by atoms with van der Waals surface area (Å²) < 4.78 is 0. The fraction of sp³-hybridized carbons (Fsp3) is 0.577. The van der Waals surface area contributed by atoms with Gasteiger partial charge in [0.2, 0.25) is 11.9 Å². The highest BCUT2D eigenvalue weighted by Crippen LogP contribution is 2.52. The van der Waals surface area contributed by atoms with Gasteiger partial charge in [0, 0.05) is 44.0 Å². The van der Waals surface area contributed by atoms with Crippen molar-refractivity contribution in [1.29, 1.82) is 0 Å². The van der Waals surface area contributed by atoms with Crippen LogP contribution in [-0.2, 0) is 11.3 Å². The van der Waals surface area contributed by atoms with Gasteiger partial charge in [0.05, 0.1) is 5.92 Å². The van der Waals surface area contributed by atoms with E-state index in [9.17, 15) is 4.79 Å². The zero-order chi connectivity index (χ0) is 22.0. The Morgan fingerprint density at radius 2 is 1.94 bits per heavy atom. The van der Waals surface area contributed by atoms with Crippen molar-refractivity contribution in [2.24, 2.45) is 17.3 Å². The lowest BCUT2D eigenvalue weighted by Crippen LogP contribution is -2.47. The van der Waals surface area contributed by atoms with Crippen molar-refractivity contribution in [1.82, 2.24) is 20.2 Å². The molecule has 2 saturated heterocycles. The van der Waals surface area contributed by atoms with Crippen LogP contribution in [0.1, 0.15) is 43.2 Å². The van der Waals surface area contributed by atoms with E-state index in [1.165, 1.54) is 17.5 Å². The highest BCUT2D eigenvalue weighted by atomic mass is 16.2. The Bertz CT molecular complexity index is 921. The summed E-state index contributed by atoms with van der Waals surface area (Å²) in [5, 5.41) is 3.34. The highest BCUT2D eigenvalue weighted by Gasteiger charge is 2.53. The van der Waals surface area contributed by atoms with Gasteiger partial charge in [0.25, 0.3) is 0 Å². The Morgan fingerprint density at radius 1 is 1.16 bits per heavy atom. The summed E-state index contributed by atoms with van der Waals surface area (Å²) in [5.41, 5.74) is 2.85. The van der Waals surface area contributed by atoms with E-state index in [0.717, 1.165) is 70.9 Å². The van der Waals surface area contributed by atoms with Crippen molar-refractivity contribution < 1.29 is 4.79 Å². The summed E-state index contributed by atoms with van der Waals surface area (Å²) in [4.78, 5) is 26.8. The van der Waals surface area contributed by atoms with Crippen LogP contribution < -0.4 is 10.2 Å². The minimum absolute atomic E-state index is 0.0569. The number of hydrogen-bond donors (Lipinski definition) is 1. The first-order valence-electron chi connectivity index (χ1n) is 12.2. The molecule has 5 rings (SSSR count). The molecule has 3 aliphatic rings. The Hall–Kier alpha value is -2.47. The molecule has 0 radical (unpaired) electrons. The molecular formula is C26H35N5O. The molecule has 0 bridgehead atoms. The standard InChI is InChI=1S/C26H35N5O/c1-20-5-2-6-22(15-20)17-30-13-7-21(8-14-30)16-29-24(32)23-18-31(19-26(23)9-3-10-26)25-27-11-4-12-28-25/h2,4-6,11-12,15,21,23H,3,7-10,13-14,16-19H2,1H3,(H,29,32). The van der Waals surface area contributed by atoms with Gasteiger partial charge in [-0.3, -0.25) is 9.69 Å². The maximum Gasteiger partial charge on any atom is 0.225 e. The van der Waals surface area contributed by atoms with Crippen molar-refractivity contribution in [2.45, 2.75) is 45.6 Å². The summed E-state index contributed by atoms with van der Waals surface area (Å²) in [7, 11) is 0. The average molecular weight is 434 g/mol. The molecule has 2 aliphatic heterocycles. The number of nitrogens with one attached hydrogen (secondary N) is 1. The van der Waals surface area contributed by atoms with Crippen LogP contribution in [0.25, 0.3) is 0 Å². The van der Waals surface area contributed by atoms with Gasteiger partial charge in [0.15, 0.2) is 0 Å². The molecule has 1 N–H and O–H groups in total.